The summed E-state index contributed by atoms with van der Waals surface area (Å²) in [6, 6.07) is 2.15. The van der Waals surface area contributed by atoms with E-state index in [1.165, 1.54) is 4.88 Å². The molecule has 3 rings (SSSR count). The van der Waals surface area contributed by atoms with Crippen LogP contribution in [-0.2, 0) is 11.2 Å². The van der Waals surface area contributed by atoms with Gasteiger partial charge in [-0.3, -0.25) is 4.79 Å². The lowest BCUT2D eigenvalue weighted by atomic mass is 9.98. The van der Waals surface area contributed by atoms with Crippen LogP contribution >= 0.6 is 11.3 Å². The number of hydrogen-bond acceptors (Lipinski definition) is 5. The molecule has 0 bridgehead atoms. The van der Waals surface area contributed by atoms with Crippen molar-refractivity contribution in [3.05, 3.63) is 16.8 Å². The maximum atomic E-state index is 11.3. The highest BCUT2D eigenvalue weighted by Crippen LogP contribution is 2.33. The van der Waals surface area contributed by atoms with E-state index >= 15 is 0 Å². The molecule has 1 fully saturated rings. The van der Waals surface area contributed by atoms with Crippen molar-refractivity contribution in [3.8, 4) is 0 Å². The van der Waals surface area contributed by atoms with E-state index in [0.717, 1.165) is 47.7 Å². The van der Waals surface area contributed by atoms with Gasteiger partial charge < -0.3 is 10.0 Å². The fourth-order valence-corrected chi connectivity index (χ4v) is 3.85. The standard InChI is InChI=1S/C15H19N3O2S/c1-3-11-7-12-13(16-9(2)17-14(12)21-11)18-6-4-5-10(8-18)15(19)20/h7,10H,3-6,8H2,1-2H3,(H,19,20)/t10-/m1/s1. The minimum absolute atomic E-state index is 0.298. The molecule has 1 atom stereocenters. The van der Waals surface area contributed by atoms with Crippen LogP contribution in [0.1, 0.15) is 30.5 Å². The van der Waals surface area contributed by atoms with Crippen LogP contribution in [0.15, 0.2) is 6.07 Å². The fourth-order valence-electron chi connectivity index (χ4n) is 2.85. The van der Waals surface area contributed by atoms with Gasteiger partial charge in [-0.1, -0.05) is 6.92 Å². The molecule has 1 saturated heterocycles. The number of carbonyl (C=O) groups is 1. The first-order valence-corrected chi connectivity index (χ1v) is 8.15. The Morgan fingerprint density at radius 1 is 1.52 bits per heavy atom. The van der Waals surface area contributed by atoms with Crippen molar-refractivity contribution in [2.24, 2.45) is 5.92 Å². The summed E-state index contributed by atoms with van der Waals surface area (Å²) in [5, 5.41) is 10.3. The van der Waals surface area contributed by atoms with Crippen LogP contribution in [0.25, 0.3) is 10.2 Å². The number of aliphatic carboxylic acids is 1. The molecule has 0 radical (unpaired) electrons. The molecular weight excluding hydrogens is 286 g/mol. The molecule has 6 heteroatoms. The Bertz CT molecular complexity index is 683. The highest BCUT2D eigenvalue weighted by molar-refractivity contribution is 7.18. The van der Waals surface area contributed by atoms with Gasteiger partial charge >= 0.3 is 5.97 Å². The molecule has 2 aromatic rings. The van der Waals surface area contributed by atoms with Gasteiger partial charge in [-0.15, -0.1) is 11.3 Å². The molecular formula is C15H19N3O2S. The van der Waals surface area contributed by atoms with Gasteiger partial charge in [-0.05, 0) is 32.3 Å². The van der Waals surface area contributed by atoms with Crippen LogP contribution < -0.4 is 4.90 Å². The molecule has 1 aliphatic rings. The zero-order valence-corrected chi connectivity index (χ0v) is 13.1. The van der Waals surface area contributed by atoms with E-state index in [1.54, 1.807) is 11.3 Å². The van der Waals surface area contributed by atoms with Gasteiger partial charge in [-0.25, -0.2) is 9.97 Å². The van der Waals surface area contributed by atoms with Gasteiger partial charge in [0.25, 0.3) is 0 Å². The zero-order valence-electron chi connectivity index (χ0n) is 12.3. The van der Waals surface area contributed by atoms with Crippen LogP contribution in [0.4, 0.5) is 5.82 Å². The molecule has 0 amide bonds. The van der Waals surface area contributed by atoms with Crippen LogP contribution in [0.2, 0.25) is 0 Å². The summed E-state index contributed by atoms with van der Waals surface area (Å²) in [5.41, 5.74) is 0. The summed E-state index contributed by atoms with van der Waals surface area (Å²) in [7, 11) is 0. The first-order valence-electron chi connectivity index (χ1n) is 7.33. The van der Waals surface area contributed by atoms with Gasteiger partial charge in [-0.2, -0.15) is 0 Å². The molecule has 0 aliphatic carbocycles. The van der Waals surface area contributed by atoms with Crippen molar-refractivity contribution in [2.75, 3.05) is 18.0 Å². The molecule has 1 N–H and O–H groups in total. The second kappa shape index (κ2) is 5.60. The van der Waals surface area contributed by atoms with E-state index in [9.17, 15) is 9.90 Å². The highest BCUT2D eigenvalue weighted by Gasteiger charge is 2.27. The number of rotatable bonds is 3. The number of aryl methyl sites for hydroxylation is 2. The van der Waals surface area contributed by atoms with Gasteiger partial charge in [0.15, 0.2) is 0 Å². The molecule has 21 heavy (non-hydrogen) atoms. The summed E-state index contributed by atoms with van der Waals surface area (Å²) >= 11 is 1.70. The maximum Gasteiger partial charge on any atom is 0.308 e. The molecule has 0 spiro atoms. The van der Waals surface area contributed by atoms with E-state index in [1.807, 2.05) is 6.92 Å². The minimum Gasteiger partial charge on any atom is -0.481 e. The number of fused-ring (bicyclic) bond motifs is 1. The van der Waals surface area contributed by atoms with Gasteiger partial charge in [0.2, 0.25) is 0 Å². The van der Waals surface area contributed by atoms with E-state index < -0.39 is 5.97 Å². The number of piperidine rings is 1. The lowest BCUT2D eigenvalue weighted by Crippen LogP contribution is -2.39. The second-order valence-electron chi connectivity index (χ2n) is 5.50. The van der Waals surface area contributed by atoms with E-state index in [0.29, 0.717) is 6.54 Å². The average Bonchev–Trinajstić information content (AvgIpc) is 2.89. The molecule has 112 valence electrons. The van der Waals surface area contributed by atoms with Gasteiger partial charge in [0, 0.05) is 18.0 Å². The van der Waals surface area contributed by atoms with Crippen molar-refractivity contribution in [1.82, 2.24) is 9.97 Å². The normalized spacial score (nSPS) is 19.1. The quantitative estimate of drug-likeness (QED) is 0.944. The molecule has 3 heterocycles. The Hall–Kier alpha value is -1.69. The van der Waals surface area contributed by atoms with Crippen LogP contribution in [0.3, 0.4) is 0 Å². The van der Waals surface area contributed by atoms with Crippen LogP contribution in [-0.4, -0.2) is 34.1 Å². The predicted molar refractivity (Wildman–Crippen MR) is 84.1 cm³/mol. The smallest absolute Gasteiger partial charge is 0.308 e. The average molecular weight is 305 g/mol. The topological polar surface area (TPSA) is 66.3 Å². The summed E-state index contributed by atoms with van der Waals surface area (Å²) < 4.78 is 0. The monoisotopic (exact) mass is 305 g/mol. The number of thiophene rings is 1. The largest absolute Gasteiger partial charge is 0.481 e. The third-order valence-electron chi connectivity index (χ3n) is 3.95. The van der Waals surface area contributed by atoms with Crippen molar-refractivity contribution in [2.45, 2.75) is 33.1 Å². The molecule has 0 aromatic carbocycles. The van der Waals surface area contributed by atoms with E-state index in [-0.39, 0.29) is 5.92 Å². The van der Waals surface area contributed by atoms with Crippen molar-refractivity contribution >= 4 is 33.3 Å². The Morgan fingerprint density at radius 2 is 2.33 bits per heavy atom. The number of nitrogens with zero attached hydrogens (tertiary/aromatic N) is 3. The van der Waals surface area contributed by atoms with Crippen LogP contribution in [0, 0.1) is 12.8 Å². The lowest BCUT2D eigenvalue weighted by Gasteiger charge is -2.32. The predicted octanol–water partition coefficient (Wildman–Crippen LogP) is 2.86. The molecule has 0 unspecified atom stereocenters. The Labute approximate surface area is 127 Å². The fraction of sp³-hybridized carbons (Fsp3) is 0.533. The molecule has 1 aliphatic heterocycles. The van der Waals surface area contributed by atoms with Gasteiger partial charge in [0.1, 0.15) is 16.5 Å². The van der Waals surface area contributed by atoms with Crippen LogP contribution in [0.5, 0.6) is 0 Å². The lowest BCUT2D eigenvalue weighted by molar-refractivity contribution is -0.141. The summed E-state index contributed by atoms with van der Waals surface area (Å²) in [6.07, 6.45) is 2.63. The Kier molecular flexibility index (Phi) is 3.80. The number of anilines is 1. The molecule has 5 nitrogen and oxygen atoms in total. The van der Waals surface area contributed by atoms with Crippen molar-refractivity contribution in [1.29, 1.82) is 0 Å². The number of carboxylic acid groups (broad SMARTS) is 1. The number of aromatic nitrogens is 2. The second-order valence-corrected chi connectivity index (χ2v) is 6.62. The highest BCUT2D eigenvalue weighted by atomic mass is 32.1. The zero-order chi connectivity index (χ0) is 15.0. The summed E-state index contributed by atoms with van der Waals surface area (Å²) in [4.78, 5) is 24.8. The van der Waals surface area contributed by atoms with Crippen molar-refractivity contribution in [3.63, 3.8) is 0 Å². The van der Waals surface area contributed by atoms with Crippen molar-refractivity contribution < 1.29 is 9.90 Å². The number of carboxylic acids is 1. The van der Waals surface area contributed by atoms with E-state index in [2.05, 4.69) is 27.9 Å². The Morgan fingerprint density at radius 3 is 3.05 bits per heavy atom. The first kappa shape index (κ1) is 14.3. The maximum absolute atomic E-state index is 11.3. The summed E-state index contributed by atoms with van der Waals surface area (Å²) in [6.45, 7) is 5.43. The number of hydrogen-bond donors (Lipinski definition) is 1. The van der Waals surface area contributed by atoms with Gasteiger partial charge in [0.05, 0.1) is 11.3 Å². The summed E-state index contributed by atoms with van der Waals surface area (Å²) in [5.74, 6) is 0.647. The minimum atomic E-state index is -0.707. The van der Waals surface area contributed by atoms with E-state index in [4.69, 9.17) is 0 Å². The third-order valence-corrected chi connectivity index (χ3v) is 5.13. The Balaban J connectivity index is 2.02. The molecule has 2 aromatic heterocycles. The first-order chi connectivity index (χ1) is 10.1. The molecule has 0 saturated carbocycles. The third kappa shape index (κ3) is 2.72. The SMILES string of the molecule is CCc1cc2c(N3CCC[C@@H](C(=O)O)C3)nc(C)nc2s1.